The number of carbonyl (C=O) groups is 2. The minimum absolute atomic E-state index is 0. The highest BCUT2D eigenvalue weighted by Gasteiger charge is 2.75. The second-order valence-corrected chi connectivity index (χ2v) is 23.3. The Morgan fingerprint density at radius 2 is 1.09 bits per heavy atom. The first-order chi connectivity index (χ1) is 35.5. The van der Waals surface area contributed by atoms with Gasteiger partial charge in [-0.3, -0.25) is 24.4 Å². The summed E-state index contributed by atoms with van der Waals surface area (Å²) in [5.41, 5.74) is 3.54. The molecule has 14 nitrogen and oxygen atoms in total. The maximum Gasteiger partial charge on any atom is 0.252 e. The molecule has 15 rings (SSSR count). The third kappa shape index (κ3) is 7.22. The normalized spacial score (nSPS) is 33.3. The summed E-state index contributed by atoms with van der Waals surface area (Å²) >= 11 is 0. The molecule has 6 N–H and O–H groups in total. The molecular formula is C59H65BrN6O8. The summed E-state index contributed by atoms with van der Waals surface area (Å²) in [6, 6.07) is 24.4. The summed E-state index contributed by atoms with van der Waals surface area (Å²) in [4.78, 5) is 35.6. The maximum atomic E-state index is 13.5. The van der Waals surface area contributed by atoms with Crippen LogP contribution in [0.3, 0.4) is 0 Å². The quantitative estimate of drug-likeness (QED) is 0.113. The van der Waals surface area contributed by atoms with Crippen LogP contribution in [-0.2, 0) is 30.2 Å². The van der Waals surface area contributed by atoms with Gasteiger partial charge >= 0.3 is 0 Å². The lowest BCUT2D eigenvalue weighted by molar-refractivity contribution is -0.688. The van der Waals surface area contributed by atoms with Gasteiger partial charge in [0.05, 0.1) is 39.7 Å². The van der Waals surface area contributed by atoms with Gasteiger partial charge in [-0.2, -0.15) is 0 Å². The first-order valence-electron chi connectivity index (χ1n) is 27.0. The third-order valence-electron chi connectivity index (χ3n) is 19.5. The number of hydrogen-bond acceptors (Lipinski definition) is 11. The lowest BCUT2D eigenvalue weighted by Crippen LogP contribution is -3.00. The van der Waals surface area contributed by atoms with Crippen molar-refractivity contribution in [2.24, 2.45) is 11.8 Å². The van der Waals surface area contributed by atoms with E-state index < -0.39 is 34.2 Å². The molecule has 15 heteroatoms. The fourth-order valence-electron chi connectivity index (χ4n) is 15.8. The lowest BCUT2D eigenvalue weighted by Gasteiger charge is -2.64. The molecule has 6 fully saturated rings. The van der Waals surface area contributed by atoms with E-state index in [9.17, 15) is 30.0 Å². The van der Waals surface area contributed by atoms with E-state index in [2.05, 4.69) is 42.1 Å². The zero-order valence-electron chi connectivity index (χ0n) is 41.5. The Kier molecular flexibility index (Phi) is 11.5. The Morgan fingerprint density at radius 1 is 0.622 bits per heavy atom. The second-order valence-electron chi connectivity index (χ2n) is 23.3. The van der Waals surface area contributed by atoms with Crippen LogP contribution in [0.1, 0.15) is 113 Å². The number of ether oxygens (including phenoxy) is 2. The number of aliphatic hydroxyl groups is 2. The molecule has 2 amide bonds. The number of nitrogens with zero attached hydrogens (tertiary/aromatic N) is 4. The van der Waals surface area contributed by atoms with E-state index in [0.29, 0.717) is 48.3 Å². The number of hydrogen-bond donors (Lipinski definition) is 6. The molecule has 0 unspecified atom stereocenters. The fourth-order valence-corrected chi connectivity index (χ4v) is 15.8. The van der Waals surface area contributed by atoms with Gasteiger partial charge in [0.1, 0.15) is 12.2 Å². The van der Waals surface area contributed by atoms with Gasteiger partial charge in [0.15, 0.2) is 41.9 Å². The number of phenolic OH excluding ortho intramolecular Hbond substituents is 2. The van der Waals surface area contributed by atoms with Gasteiger partial charge in [0.2, 0.25) is 0 Å². The van der Waals surface area contributed by atoms with E-state index in [0.717, 1.165) is 81.4 Å². The molecule has 10 aliphatic rings. The van der Waals surface area contributed by atoms with Crippen molar-refractivity contribution in [3.05, 3.63) is 143 Å². The van der Waals surface area contributed by atoms with Gasteiger partial charge in [0, 0.05) is 72.0 Å². The molecule has 4 saturated carbocycles. The number of pyridine rings is 2. The summed E-state index contributed by atoms with van der Waals surface area (Å²) in [6.45, 7) is 4.65. The van der Waals surface area contributed by atoms with Crippen LogP contribution in [0.25, 0.3) is 0 Å². The summed E-state index contributed by atoms with van der Waals surface area (Å²) in [7, 11) is 0. The van der Waals surface area contributed by atoms with E-state index >= 15 is 0 Å². The first-order valence-corrected chi connectivity index (χ1v) is 27.0. The molecule has 10 atom stereocenters. The molecule has 2 saturated heterocycles. The van der Waals surface area contributed by atoms with Crippen LogP contribution >= 0.6 is 0 Å². The third-order valence-corrected chi connectivity index (χ3v) is 19.5. The number of carbonyl (C=O) groups excluding carboxylic acids is 2. The van der Waals surface area contributed by atoms with Gasteiger partial charge in [-0.25, -0.2) is 4.57 Å². The molecule has 74 heavy (non-hydrogen) atoms. The maximum absolute atomic E-state index is 13.5. The highest BCUT2D eigenvalue weighted by molar-refractivity contribution is 5.95. The molecule has 2 aromatic heterocycles. The number of aromatic nitrogens is 2. The average molecular weight is 1070 g/mol. The number of likely N-dealkylation sites (tertiary alicyclic amines) is 2. The Morgan fingerprint density at radius 3 is 1.57 bits per heavy atom. The van der Waals surface area contributed by atoms with Crippen molar-refractivity contribution in [3.8, 4) is 23.0 Å². The van der Waals surface area contributed by atoms with Crippen molar-refractivity contribution in [2.75, 3.05) is 26.2 Å². The van der Waals surface area contributed by atoms with E-state index in [4.69, 9.17) is 9.47 Å². The van der Waals surface area contributed by atoms with Gasteiger partial charge in [-0.05, 0) is 137 Å². The van der Waals surface area contributed by atoms with Crippen molar-refractivity contribution in [3.63, 3.8) is 0 Å². The van der Waals surface area contributed by atoms with Crippen molar-refractivity contribution < 1.29 is 61.0 Å². The smallest absolute Gasteiger partial charge is 0.252 e. The van der Waals surface area contributed by atoms with Gasteiger partial charge in [0.25, 0.3) is 11.8 Å². The number of benzene rings is 3. The molecule has 2 spiro atoms. The number of amides is 2. The predicted octanol–water partition coefficient (Wildman–Crippen LogP) is 2.24. The van der Waals surface area contributed by atoms with E-state index in [1.165, 1.54) is 42.4 Å². The zero-order valence-corrected chi connectivity index (χ0v) is 43.1. The number of nitrogens with one attached hydrogen (secondary N) is 2. The Bertz CT molecular complexity index is 3020. The summed E-state index contributed by atoms with van der Waals surface area (Å²) < 4.78 is 15.1. The average Bonchev–Trinajstić information content (AvgIpc) is 4.34. The zero-order chi connectivity index (χ0) is 49.4. The minimum Gasteiger partial charge on any atom is -1.00 e. The topological polar surface area (TPSA) is 181 Å². The summed E-state index contributed by atoms with van der Waals surface area (Å²) in [5.74, 6) is 2.47. The first kappa shape index (κ1) is 48.1. The standard InChI is InChI=1S/C33H35N3O4.C26H29N3O4.BrH/c37-26-9-8-24-18-27-33(39)13-10-25(30-32(33,28(24)29(26)40-30)14-17-36(27)20-22-6-7-22)34-31(38)23-11-15-35(16-12-23)19-21-4-2-1-3-5-21;30-19-4-3-17-13-20-26(32)8-5-18(28-24(31)16-6-10-27-11-7-16)23-25(26,21(17)22(19)33-23)9-12-29(20)14-15-1-2-15;/h1-5,8-9,11-12,15-16,22,25,27,30,39H,6-7,10,13-14,17-20H2,(H-,34,37,38);3-4,6-7,10-11,15,18,20,23,30,32H,1-2,5,8-9,12-14H2,(H,28,31);1H/t25-,27-,30+,32+,33-;18-,20-,23+,25+,26-;/m11./s1. The Labute approximate surface area is 441 Å². The lowest BCUT2D eigenvalue weighted by atomic mass is 9.48. The van der Waals surface area contributed by atoms with Crippen molar-refractivity contribution in [1.82, 2.24) is 25.4 Å². The van der Waals surface area contributed by atoms with E-state index in [1.807, 2.05) is 54.9 Å². The van der Waals surface area contributed by atoms with E-state index in [1.54, 1.807) is 36.7 Å². The highest BCUT2D eigenvalue weighted by atomic mass is 79.9. The van der Waals surface area contributed by atoms with Crippen LogP contribution in [0.5, 0.6) is 23.0 Å². The van der Waals surface area contributed by atoms with Crippen LogP contribution in [0.4, 0.5) is 0 Å². The molecule has 4 aliphatic heterocycles. The SMILES string of the molecule is O=C(N[C@@H]1CC[C@@]2(O)[C@H]3Cc4ccc(O)c5c4[C@@]2(CCN3CC2CC2)[C@H]1O5)c1cc[n+](Cc2ccccc2)cc1.O=C(N[C@@H]1CC[C@@]2(O)[C@H]3Cc4ccc(O)c5c4[C@@]2(CCN3CC2CC2)[C@H]1O5)c1ccncc1.[Br-]. The Hall–Kier alpha value is -5.58. The minimum atomic E-state index is -0.951. The van der Waals surface area contributed by atoms with Crippen LogP contribution < -0.4 is 41.7 Å². The van der Waals surface area contributed by atoms with Crippen LogP contribution in [0, 0.1) is 11.8 Å². The molecule has 5 aromatic rings. The number of aromatic hydroxyl groups is 2. The van der Waals surface area contributed by atoms with Crippen molar-refractivity contribution in [1.29, 1.82) is 0 Å². The van der Waals surface area contributed by atoms with E-state index in [-0.39, 0.29) is 64.5 Å². The molecule has 6 aliphatic carbocycles. The van der Waals surface area contributed by atoms with Crippen LogP contribution in [0.2, 0.25) is 0 Å². The predicted molar refractivity (Wildman–Crippen MR) is 269 cm³/mol. The van der Waals surface area contributed by atoms with Gasteiger partial charge < -0.3 is 57.5 Å². The molecule has 386 valence electrons. The molecule has 0 radical (unpaired) electrons. The van der Waals surface area contributed by atoms with Gasteiger partial charge in [-0.15, -0.1) is 0 Å². The highest BCUT2D eigenvalue weighted by Crippen LogP contribution is 2.67. The molecular weight excluding hydrogens is 1000 g/mol. The van der Waals surface area contributed by atoms with Crippen molar-refractivity contribution in [2.45, 2.75) is 142 Å². The number of piperidine rings is 2. The summed E-state index contributed by atoms with van der Waals surface area (Å²) in [5, 5.41) is 53.1. The van der Waals surface area contributed by atoms with Crippen LogP contribution in [-0.4, -0.2) is 121 Å². The number of phenols is 2. The largest absolute Gasteiger partial charge is 1.00 e. The molecule has 6 heterocycles. The summed E-state index contributed by atoms with van der Waals surface area (Å²) in [6.07, 6.45) is 17.0. The molecule has 4 bridgehead atoms. The molecule has 3 aromatic carbocycles. The number of rotatable bonds is 10. The number of halogens is 1. The fraction of sp³-hybridized carbons (Fsp3) is 0.492. The Balaban J connectivity index is 0.000000143. The second kappa shape index (κ2) is 17.8. The monoisotopic (exact) mass is 1060 g/mol. The van der Waals surface area contributed by atoms with Crippen LogP contribution in [0.15, 0.2) is 104 Å². The van der Waals surface area contributed by atoms with Gasteiger partial charge in [-0.1, -0.05) is 42.5 Å². The van der Waals surface area contributed by atoms with Crippen molar-refractivity contribution >= 4 is 11.8 Å².